The predicted molar refractivity (Wildman–Crippen MR) is 117 cm³/mol. The van der Waals surface area contributed by atoms with Crippen LogP contribution in [0, 0.1) is 0 Å². The van der Waals surface area contributed by atoms with Gasteiger partial charge in [0.25, 0.3) is 5.72 Å². The summed E-state index contributed by atoms with van der Waals surface area (Å²) in [5, 5.41) is 82.3. The molecular formula is C22H21NO13. The van der Waals surface area contributed by atoms with E-state index in [0.717, 1.165) is 19.2 Å². The highest BCUT2D eigenvalue weighted by atomic mass is 16.7. The van der Waals surface area contributed by atoms with Crippen LogP contribution in [0.4, 0.5) is 0 Å². The molecule has 36 heavy (non-hydrogen) atoms. The van der Waals surface area contributed by atoms with Crippen molar-refractivity contribution in [3.8, 4) is 34.3 Å². The Morgan fingerprint density at radius 3 is 2.28 bits per heavy atom. The minimum atomic E-state index is -3.47. The Hall–Kier alpha value is -3.92. The molecule has 9 N–H and O–H groups in total. The summed E-state index contributed by atoms with van der Waals surface area (Å²) in [6.07, 6.45) is -7.34. The van der Waals surface area contributed by atoms with Gasteiger partial charge in [-0.15, -0.1) is 0 Å². The first-order valence-corrected chi connectivity index (χ1v) is 10.2. The van der Waals surface area contributed by atoms with E-state index in [1.165, 1.54) is 24.3 Å². The molecule has 4 atom stereocenters. The standard InChI is InChI=1S/C22H21NO13/c1-23-21(20(30)31)19(29)22(32,33)17(28)18(36-21)35-13-7-12-14(16(27)15(13)26)10(25)6-11(34-12)8-2-4-9(24)5-3-8/h2-7,17-19,23-24,26-29,32-33H,1H3,(H,30,31)/t17-,18+,19+,21+/m0/s1. The Bertz CT molecular complexity index is 1380. The summed E-state index contributed by atoms with van der Waals surface area (Å²) in [6.45, 7) is 0. The molecule has 0 radical (unpaired) electrons. The van der Waals surface area contributed by atoms with Crippen LogP contribution >= 0.6 is 0 Å². The molecule has 2 aromatic carbocycles. The van der Waals surface area contributed by atoms with Crippen molar-refractivity contribution in [2.75, 3.05) is 7.05 Å². The molecule has 1 saturated heterocycles. The van der Waals surface area contributed by atoms with Crippen molar-refractivity contribution in [2.24, 2.45) is 0 Å². The predicted octanol–water partition coefficient (Wildman–Crippen LogP) is -1.29. The average molecular weight is 507 g/mol. The summed E-state index contributed by atoms with van der Waals surface area (Å²) >= 11 is 0. The van der Waals surface area contributed by atoms with Gasteiger partial charge < -0.3 is 54.7 Å². The van der Waals surface area contributed by atoms with E-state index >= 15 is 0 Å². The summed E-state index contributed by atoms with van der Waals surface area (Å²) < 4.78 is 16.0. The lowest BCUT2D eigenvalue weighted by Crippen LogP contribution is -2.78. The maximum Gasteiger partial charge on any atom is 0.354 e. The lowest BCUT2D eigenvalue weighted by Gasteiger charge is -2.49. The van der Waals surface area contributed by atoms with Gasteiger partial charge in [-0.25, -0.2) is 4.79 Å². The highest BCUT2D eigenvalue weighted by Gasteiger charge is 2.66. The highest BCUT2D eigenvalue weighted by molar-refractivity contribution is 5.89. The first kappa shape index (κ1) is 25.2. The Kier molecular flexibility index (Phi) is 6.04. The van der Waals surface area contributed by atoms with Gasteiger partial charge >= 0.3 is 5.97 Å². The second-order valence-electron chi connectivity index (χ2n) is 7.99. The van der Waals surface area contributed by atoms with Crippen molar-refractivity contribution in [3.63, 3.8) is 0 Å². The Balaban J connectivity index is 1.81. The highest BCUT2D eigenvalue weighted by Crippen LogP contribution is 2.43. The number of phenolic OH excluding ortho intramolecular Hbond substituents is 3. The fourth-order valence-corrected chi connectivity index (χ4v) is 3.78. The monoisotopic (exact) mass is 507 g/mol. The second kappa shape index (κ2) is 8.63. The topological polar surface area (TPSA) is 240 Å². The van der Waals surface area contributed by atoms with E-state index in [1.807, 2.05) is 0 Å². The molecule has 1 aliphatic heterocycles. The number of aliphatic hydroxyl groups excluding tert-OH is 2. The number of hydrogen-bond acceptors (Lipinski definition) is 13. The van der Waals surface area contributed by atoms with E-state index < -0.39 is 64.0 Å². The van der Waals surface area contributed by atoms with Gasteiger partial charge in [0.05, 0.1) is 0 Å². The Labute approximate surface area is 200 Å². The number of phenols is 3. The third kappa shape index (κ3) is 3.78. The fourth-order valence-electron chi connectivity index (χ4n) is 3.78. The van der Waals surface area contributed by atoms with E-state index in [0.29, 0.717) is 5.56 Å². The quantitative estimate of drug-likeness (QED) is 0.144. The van der Waals surface area contributed by atoms with Crippen LogP contribution < -0.4 is 15.5 Å². The van der Waals surface area contributed by atoms with E-state index in [-0.39, 0.29) is 17.1 Å². The molecule has 4 rings (SSSR count). The summed E-state index contributed by atoms with van der Waals surface area (Å²) in [7, 11) is 1.01. The lowest BCUT2D eigenvalue weighted by atomic mass is 9.90. The number of aliphatic carboxylic acids is 1. The maximum atomic E-state index is 12.6. The van der Waals surface area contributed by atoms with Gasteiger partial charge in [0, 0.05) is 17.7 Å². The number of nitrogens with one attached hydrogen (secondary N) is 1. The molecule has 14 heteroatoms. The molecule has 1 aromatic heterocycles. The van der Waals surface area contributed by atoms with Gasteiger partial charge in [-0.2, -0.15) is 0 Å². The van der Waals surface area contributed by atoms with Crippen molar-refractivity contribution in [1.82, 2.24) is 5.32 Å². The first-order valence-electron chi connectivity index (χ1n) is 10.2. The van der Waals surface area contributed by atoms with Crippen LogP contribution in [0.15, 0.2) is 45.6 Å². The molecule has 192 valence electrons. The number of benzene rings is 2. The number of fused-ring (bicyclic) bond motifs is 1. The summed E-state index contributed by atoms with van der Waals surface area (Å²) in [5.74, 6) is -8.16. The second-order valence-corrected chi connectivity index (χ2v) is 7.99. The zero-order valence-corrected chi connectivity index (χ0v) is 18.3. The Morgan fingerprint density at radius 2 is 1.69 bits per heavy atom. The zero-order chi connectivity index (χ0) is 26.6. The maximum absolute atomic E-state index is 12.6. The Morgan fingerprint density at radius 1 is 1.06 bits per heavy atom. The van der Waals surface area contributed by atoms with Crippen LogP contribution in [0.3, 0.4) is 0 Å². The molecule has 0 bridgehead atoms. The molecule has 0 unspecified atom stereocenters. The number of carboxylic acids is 1. The molecule has 0 saturated carbocycles. The summed E-state index contributed by atoms with van der Waals surface area (Å²) in [6, 6.07) is 7.51. The smallest absolute Gasteiger partial charge is 0.354 e. The van der Waals surface area contributed by atoms with Crippen molar-refractivity contribution >= 4 is 16.9 Å². The molecule has 14 nitrogen and oxygen atoms in total. The van der Waals surface area contributed by atoms with E-state index in [1.54, 1.807) is 0 Å². The van der Waals surface area contributed by atoms with Crippen LogP contribution in [0.5, 0.6) is 23.0 Å². The number of carbonyl (C=O) groups is 1. The van der Waals surface area contributed by atoms with Gasteiger partial charge in [-0.05, 0) is 31.3 Å². The van der Waals surface area contributed by atoms with E-state index in [2.05, 4.69) is 5.32 Å². The van der Waals surface area contributed by atoms with Crippen LogP contribution in [-0.2, 0) is 9.53 Å². The van der Waals surface area contributed by atoms with Crippen LogP contribution in [0.25, 0.3) is 22.3 Å². The number of likely N-dealkylation sites (N-methyl/N-ethyl adjacent to an activating group) is 1. The molecule has 3 aromatic rings. The third-order valence-corrected chi connectivity index (χ3v) is 5.80. The molecule has 2 heterocycles. The number of hydrogen-bond donors (Lipinski definition) is 9. The minimum Gasteiger partial charge on any atom is -0.508 e. The van der Waals surface area contributed by atoms with Crippen LogP contribution in [0.2, 0.25) is 0 Å². The van der Waals surface area contributed by atoms with Crippen molar-refractivity contribution < 1.29 is 59.5 Å². The van der Waals surface area contributed by atoms with Gasteiger partial charge in [0.2, 0.25) is 17.8 Å². The molecule has 1 fully saturated rings. The SMILES string of the molecule is CN[C@@]1(C(=O)O)O[C@@H](Oc2cc3oc(-c4ccc(O)cc4)cc(=O)c3c(O)c2O)[C@H](O)C(O)(O)[C@@H]1O. The number of carboxylic acid groups (broad SMARTS) is 1. The molecular weight excluding hydrogens is 486 g/mol. The summed E-state index contributed by atoms with van der Waals surface area (Å²) in [5.41, 5.74) is -3.59. The number of aromatic hydroxyl groups is 3. The average Bonchev–Trinajstić information content (AvgIpc) is 2.83. The summed E-state index contributed by atoms with van der Waals surface area (Å²) in [4.78, 5) is 24.4. The van der Waals surface area contributed by atoms with Crippen molar-refractivity contribution in [3.05, 3.63) is 46.6 Å². The molecule has 0 spiro atoms. The van der Waals surface area contributed by atoms with Crippen molar-refractivity contribution in [1.29, 1.82) is 0 Å². The lowest BCUT2D eigenvalue weighted by molar-refractivity contribution is -0.397. The van der Waals surface area contributed by atoms with Gasteiger partial charge in [-0.3, -0.25) is 10.1 Å². The minimum absolute atomic E-state index is 0.00502. The van der Waals surface area contributed by atoms with Gasteiger partial charge in [0.15, 0.2) is 29.1 Å². The van der Waals surface area contributed by atoms with Crippen LogP contribution in [-0.4, -0.2) is 83.9 Å². The van der Waals surface area contributed by atoms with E-state index in [4.69, 9.17) is 13.9 Å². The molecule has 1 aliphatic rings. The normalized spacial score (nSPS) is 25.5. The third-order valence-electron chi connectivity index (χ3n) is 5.80. The molecule has 0 aliphatic carbocycles. The number of ether oxygens (including phenoxy) is 2. The molecule has 0 amide bonds. The fraction of sp³-hybridized carbons (Fsp3) is 0.273. The van der Waals surface area contributed by atoms with Crippen LogP contribution in [0.1, 0.15) is 0 Å². The van der Waals surface area contributed by atoms with E-state index in [9.17, 15) is 50.4 Å². The first-order chi connectivity index (χ1) is 16.8. The van der Waals surface area contributed by atoms with Crippen molar-refractivity contribution in [2.45, 2.75) is 30.0 Å². The van der Waals surface area contributed by atoms with Gasteiger partial charge in [-0.1, -0.05) is 0 Å². The largest absolute Gasteiger partial charge is 0.508 e. The number of aliphatic hydroxyl groups is 4. The number of rotatable bonds is 5. The zero-order valence-electron chi connectivity index (χ0n) is 18.3. The van der Waals surface area contributed by atoms with Gasteiger partial charge in [0.1, 0.15) is 22.5 Å².